The van der Waals surface area contributed by atoms with Crippen LogP contribution in [0.15, 0.2) is 36.4 Å². The highest BCUT2D eigenvalue weighted by Crippen LogP contribution is 2.27. The number of rotatable bonds is 5. The minimum Gasteiger partial charge on any atom is -0.336 e. The van der Waals surface area contributed by atoms with Crippen molar-refractivity contribution in [1.82, 2.24) is 5.32 Å². The van der Waals surface area contributed by atoms with Crippen molar-refractivity contribution in [3.05, 3.63) is 42.0 Å². The first-order chi connectivity index (χ1) is 10.9. The number of benzene rings is 2. The lowest BCUT2D eigenvalue weighted by Crippen LogP contribution is -2.34. The number of urea groups is 1. The van der Waals surface area contributed by atoms with Gasteiger partial charge in [-0.15, -0.1) is 0 Å². The van der Waals surface area contributed by atoms with Crippen molar-refractivity contribution in [3.63, 3.8) is 0 Å². The third kappa shape index (κ3) is 4.31. The fraction of sp³-hybridized carbons (Fsp3) is 0.368. The van der Waals surface area contributed by atoms with Crippen molar-refractivity contribution in [2.45, 2.75) is 40.2 Å². The maximum absolute atomic E-state index is 12.1. The van der Waals surface area contributed by atoms with Crippen molar-refractivity contribution in [1.29, 1.82) is 0 Å². The second-order valence-electron chi connectivity index (χ2n) is 6.37. The van der Waals surface area contributed by atoms with Gasteiger partial charge in [-0.25, -0.2) is 4.79 Å². The molecule has 2 N–H and O–H groups in total. The molecular formula is C19H24N2O2. The van der Waals surface area contributed by atoms with Crippen molar-refractivity contribution >= 4 is 28.3 Å². The van der Waals surface area contributed by atoms with Gasteiger partial charge in [0.2, 0.25) is 0 Å². The standard InChI is InChI=1S/C19H24N2O2/c1-12(2)18(22)11-14-7-5-9-16-15(14)8-6-10-17(16)21-19(23)20-13(3)4/h5-10,12-13H,11H2,1-4H3,(H2,20,21,23). The average molecular weight is 312 g/mol. The Morgan fingerprint density at radius 1 is 0.957 bits per heavy atom. The smallest absolute Gasteiger partial charge is 0.319 e. The van der Waals surface area contributed by atoms with Gasteiger partial charge in [-0.05, 0) is 30.9 Å². The van der Waals surface area contributed by atoms with Crippen LogP contribution in [0.25, 0.3) is 10.8 Å². The van der Waals surface area contributed by atoms with E-state index in [0.717, 1.165) is 22.0 Å². The minimum atomic E-state index is -0.226. The third-order valence-electron chi connectivity index (χ3n) is 3.69. The molecule has 2 aromatic carbocycles. The van der Waals surface area contributed by atoms with E-state index in [9.17, 15) is 9.59 Å². The number of carbonyl (C=O) groups is 2. The Kier molecular flexibility index (Phi) is 5.37. The molecule has 0 aliphatic carbocycles. The quantitative estimate of drug-likeness (QED) is 0.872. The number of hydrogen-bond acceptors (Lipinski definition) is 2. The van der Waals surface area contributed by atoms with Gasteiger partial charge < -0.3 is 10.6 Å². The third-order valence-corrected chi connectivity index (χ3v) is 3.69. The molecule has 0 fully saturated rings. The van der Waals surface area contributed by atoms with E-state index in [1.807, 2.05) is 64.1 Å². The van der Waals surface area contributed by atoms with Crippen molar-refractivity contribution in [3.8, 4) is 0 Å². The van der Waals surface area contributed by atoms with E-state index in [4.69, 9.17) is 0 Å². The van der Waals surface area contributed by atoms with E-state index in [2.05, 4.69) is 10.6 Å². The highest BCUT2D eigenvalue weighted by molar-refractivity contribution is 6.03. The van der Waals surface area contributed by atoms with Gasteiger partial charge in [-0.2, -0.15) is 0 Å². The van der Waals surface area contributed by atoms with Gasteiger partial charge in [0.05, 0.1) is 5.69 Å². The van der Waals surface area contributed by atoms with E-state index < -0.39 is 0 Å². The topological polar surface area (TPSA) is 58.2 Å². The second-order valence-corrected chi connectivity index (χ2v) is 6.37. The fourth-order valence-corrected chi connectivity index (χ4v) is 2.45. The summed E-state index contributed by atoms with van der Waals surface area (Å²) < 4.78 is 0. The Balaban J connectivity index is 2.34. The molecule has 0 saturated heterocycles. The Morgan fingerprint density at radius 3 is 2.26 bits per heavy atom. The predicted octanol–water partition coefficient (Wildman–Crippen LogP) is 4.14. The molecular weight excluding hydrogens is 288 g/mol. The van der Waals surface area contributed by atoms with Crippen LogP contribution in [0.1, 0.15) is 33.3 Å². The summed E-state index contributed by atoms with van der Waals surface area (Å²) >= 11 is 0. The predicted molar refractivity (Wildman–Crippen MR) is 94.8 cm³/mol. The summed E-state index contributed by atoms with van der Waals surface area (Å²) in [6.07, 6.45) is 0.413. The number of ketones is 1. The molecule has 4 heteroatoms. The summed E-state index contributed by atoms with van der Waals surface area (Å²) in [5.41, 5.74) is 1.74. The SMILES string of the molecule is CC(C)NC(=O)Nc1cccc2c(CC(=O)C(C)C)cccc12. The van der Waals surface area contributed by atoms with Crippen LogP contribution in [0.4, 0.5) is 10.5 Å². The number of nitrogens with one attached hydrogen (secondary N) is 2. The molecule has 0 bridgehead atoms. The van der Waals surface area contributed by atoms with Crippen molar-refractivity contribution in [2.75, 3.05) is 5.32 Å². The maximum Gasteiger partial charge on any atom is 0.319 e. The van der Waals surface area contributed by atoms with Crippen LogP contribution in [-0.2, 0) is 11.2 Å². The summed E-state index contributed by atoms with van der Waals surface area (Å²) in [6, 6.07) is 11.5. The zero-order chi connectivity index (χ0) is 17.0. The molecule has 0 spiro atoms. The summed E-state index contributed by atoms with van der Waals surface area (Å²) in [7, 11) is 0. The van der Waals surface area contributed by atoms with Gasteiger partial charge in [-0.1, -0.05) is 44.2 Å². The largest absolute Gasteiger partial charge is 0.336 e. The Bertz CT molecular complexity index is 720. The number of amides is 2. The van der Waals surface area contributed by atoms with E-state index in [-0.39, 0.29) is 23.8 Å². The zero-order valence-corrected chi connectivity index (χ0v) is 14.1. The fourth-order valence-electron chi connectivity index (χ4n) is 2.45. The molecule has 23 heavy (non-hydrogen) atoms. The first kappa shape index (κ1) is 17.0. The molecule has 0 aliphatic heterocycles. The Labute approximate surface area is 137 Å². The minimum absolute atomic E-state index is 0.0170. The highest BCUT2D eigenvalue weighted by Gasteiger charge is 2.12. The summed E-state index contributed by atoms with van der Waals surface area (Å²) in [5, 5.41) is 7.65. The van der Waals surface area contributed by atoms with E-state index in [0.29, 0.717) is 6.42 Å². The molecule has 0 radical (unpaired) electrons. The summed E-state index contributed by atoms with van der Waals surface area (Å²) in [6.45, 7) is 7.66. The molecule has 0 unspecified atom stereocenters. The molecule has 4 nitrogen and oxygen atoms in total. The molecule has 2 aromatic rings. The van der Waals surface area contributed by atoms with E-state index in [1.165, 1.54) is 0 Å². The monoisotopic (exact) mass is 312 g/mol. The van der Waals surface area contributed by atoms with Gasteiger partial charge in [-0.3, -0.25) is 4.79 Å². The van der Waals surface area contributed by atoms with Crippen LogP contribution in [0.3, 0.4) is 0 Å². The number of hydrogen-bond donors (Lipinski definition) is 2. The first-order valence-corrected chi connectivity index (χ1v) is 7.99. The van der Waals surface area contributed by atoms with Crippen molar-refractivity contribution in [2.24, 2.45) is 5.92 Å². The lowest BCUT2D eigenvalue weighted by Gasteiger charge is -2.14. The van der Waals surface area contributed by atoms with Gasteiger partial charge >= 0.3 is 6.03 Å². The van der Waals surface area contributed by atoms with Gasteiger partial charge in [0, 0.05) is 23.8 Å². The van der Waals surface area contributed by atoms with Gasteiger partial charge in [0.1, 0.15) is 5.78 Å². The molecule has 122 valence electrons. The molecule has 0 aliphatic rings. The van der Waals surface area contributed by atoms with Gasteiger partial charge in [0.15, 0.2) is 0 Å². The Morgan fingerprint density at radius 2 is 1.61 bits per heavy atom. The zero-order valence-electron chi connectivity index (χ0n) is 14.1. The maximum atomic E-state index is 12.1. The number of Topliss-reactive ketones (excluding diaryl/α,β-unsaturated/α-hetero) is 1. The van der Waals surface area contributed by atoms with Gasteiger partial charge in [0.25, 0.3) is 0 Å². The first-order valence-electron chi connectivity index (χ1n) is 7.99. The van der Waals surface area contributed by atoms with Crippen LogP contribution < -0.4 is 10.6 Å². The summed E-state index contributed by atoms with van der Waals surface area (Å²) in [5.74, 6) is 0.233. The number of carbonyl (C=O) groups excluding carboxylic acids is 2. The van der Waals surface area contributed by atoms with Crippen LogP contribution in [-0.4, -0.2) is 17.9 Å². The van der Waals surface area contributed by atoms with E-state index >= 15 is 0 Å². The van der Waals surface area contributed by atoms with E-state index in [1.54, 1.807) is 0 Å². The van der Waals surface area contributed by atoms with Crippen LogP contribution >= 0.6 is 0 Å². The molecule has 0 aromatic heterocycles. The normalized spacial score (nSPS) is 11.0. The lowest BCUT2D eigenvalue weighted by atomic mass is 9.96. The van der Waals surface area contributed by atoms with Crippen LogP contribution in [0.5, 0.6) is 0 Å². The number of fused-ring (bicyclic) bond motifs is 1. The van der Waals surface area contributed by atoms with Crippen LogP contribution in [0, 0.1) is 5.92 Å². The molecule has 2 rings (SSSR count). The second kappa shape index (κ2) is 7.27. The average Bonchev–Trinajstić information content (AvgIpc) is 2.47. The van der Waals surface area contributed by atoms with Crippen LogP contribution in [0.2, 0.25) is 0 Å². The molecule has 2 amide bonds. The highest BCUT2D eigenvalue weighted by atomic mass is 16.2. The molecule has 0 saturated carbocycles. The Hall–Kier alpha value is -2.36. The molecule has 0 atom stereocenters. The number of anilines is 1. The summed E-state index contributed by atoms with van der Waals surface area (Å²) in [4.78, 5) is 24.0. The molecule has 0 heterocycles. The van der Waals surface area contributed by atoms with Crippen molar-refractivity contribution < 1.29 is 9.59 Å². The lowest BCUT2D eigenvalue weighted by molar-refractivity contribution is -0.121.